The minimum Gasteiger partial charge on any atom is -0.508 e. The summed E-state index contributed by atoms with van der Waals surface area (Å²) in [6.07, 6.45) is 31.9. The first-order valence-corrected chi connectivity index (χ1v) is 19.0. The number of carbonyl (C=O) groups is 2. The maximum absolute atomic E-state index is 12.4. The van der Waals surface area contributed by atoms with Crippen LogP contribution in [-0.4, -0.2) is 17.0 Å². The van der Waals surface area contributed by atoms with Gasteiger partial charge in [0.05, 0.1) is 0 Å². The van der Waals surface area contributed by atoms with Crippen LogP contribution in [-0.2, 0) is 9.59 Å². The highest BCUT2D eigenvalue weighted by Gasteiger charge is 2.08. The average Bonchev–Trinajstić information content (AvgIpc) is 3.05. The number of aromatic hydroxyl groups is 1. The lowest BCUT2D eigenvalue weighted by Crippen LogP contribution is -2.07. The second-order valence-electron chi connectivity index (χ2n) is 13.2. The highest BCUT2D eigenvalue weighted by molar-refractivity contribution is 5.75. The van der Waals surface area contributed by atoms with E-state index in [1.165, 1.54) is 115 Å². The zero-order chi connectivity index (χ0) is 33.8. The van der Waals surface area contributed by atoms with Gasteiger partial charge in [0.15, 0.2) is 0 Å². The van der Waals surface area contributed by atoms with Gasteiger partial charge < -0.3 is 14.6 Å². The maximum atomic E-state index is 12.4. The second-order valence-corrected chi connectivity index (χ2v) is 13.2. The Labute approximate surface area is 286 Å². The van der Waals surface area contributed by atoms with Gasteiger partial charge >= 0.3 is 11.9 Å². The lowest BCUT2D eigenvalue weighted by Gasteiger charge is -2.07. The molecule has 0 heterocycles. The molecule has 2 aromatic carbocycles. The summed E-state index contributed by atoms with van der Waals surface area (Å²) in [5, 5.41) is 10.2. The fraction of sp³-hybridized carbons (Fsp3) is 0.619. The molecule has 5 nitrogen and oxygen atoms in total. The summed E-state index contributed by atoms with van der Waals surface area (Å²) in [5.74, 6) is 0.478. The van der Waals surface area contributed by atoms with Crippen molar-refractivity contribution in [2.24, 2.45) is 0 Å². The Morgan fingerprint density at radius 2 is 0.872 bits per heavy atom. The summed E-state index contributed by atoms with van der Waals surface area (Å²) >= 11 is 0. The number of hydrogen-bond donors (Lipinski definition) is 1. The van der Waals surface area contributed by atoms with E-state index in [2.05, 4.69) is 13.8 Å². The smallest absolute Gasteiger partial charge is 0.311 e. The Morgan fingerprint density at radius 1 is 0.489 bits per heavy atom. The summed E-state index contributed by atoms with van der Waals surface area (Å²) in [7, 11) is 0. The quantitative estimate of drug-likeness (QED) is 0.0430. The first kappa shape index (κ1) is 40.1. The van der Waals surface area contributed by atoms with E-state index in [1.54, 1.807) is 24.3 Å². The van der Waals surface area contributed by atoms with Crippen molar-refractivity contribution >= 4 is 24.1 Å². The number of carbonyl (C=O) groups excluding carboxylic acids is 2. The average molecular weight is 649 g/mol. The second kappa shape index (κ2) is 26.9. The molecule has 0 fully saturated rings. The fourth-order valence-electron chi connectivity index (χ4n) is 5.83. The fourth-order valence-corrected chi connectivity index (χ4v) is 5.83. The summed E-state index contributed by atoms with van der Waals surface area (Å²) in [6, 6.07) is 12.2. The van der Waals surface area contributed by atoms with Crippen molar-refractivity contribution < 1.29 is 24.2 Å². The van der Waals surface area contributed by atoms with Crippen LogP contribution in [0.4, 0.5) is 0 Å². The van der Waals surface area contributed by atoms with Gasteiger partial charge in [-0.3, -0.25) is 9.59 Å². The van der Waals surface area contributed by atoms with Crippen molar-refractivity contribution in [1.82, 2.24) is 0 Å². The van der Waals surface area contributed by atoms with E-state index in [-0.39, 0.29) is 17.7 Å². The molecule has 2 rings (SSSR count). The summed E-state index contributed by atoms with van der Waals surface area (Å²) < 4.78 is 11.0. The molecule has 0 amide bonds. The molecule has 0 aliphatic carbocycles. The van der Waals surface area contributed by atoms with Crippen LogP contribution in [0.5, 0.6) is 17.2 Å². The number of esters is 2. The molecule has 5 heteroatoms. The lowest BCUT2D eigenvalue weighted by molar-refractivity contribution is -0.135. The van der Waals surface area contributed by atoms with Crippen molar-refractivity contribution in [2.75, 3.05) is 0 Å². The number of hydrogen-bond acceptors (Lipinski definition) is 5. The van der Waals surface area contributed by atoms with Gasteiger partial charge in [0.1, 0.15) is 17.2 Å². The van der Waals surface area contributed by atoms with Gasteiger partial charge in [0.2, 0.25) is 0 Å². The van der Waals surface area contributed by atoms with Crippen LogP contribution in [0.1, 0.15) is 179 Å². The van der Waals surface area contributed by atoms with Crippen LogP contribution in [0, 0.1) is 0 Å². The standard InChI is InChI=1S/C42H64O5/c1-3-5-7-9-11-13-15-17-19-21-23-25-41(44)46-39-31-29-36(30-32-39)27-28-37-33-38(43)35-40(34-37)47-42(45)26-24-22-20-18-16-14-12-10-8-6-4-2/h27-35,43H,3-26H2,1-2H3. The van der Waals surface area contributed by atoms with Gasteiger partial charge in [-0.15, -0.1) is 0 Å². The molecule has 0 spiro atoms. The third-order valence-electron chi connectivity index (χ3n) is 8.69. The molecule has 1 N–H and O–H groups in total. The number of rotatable bonds is 28. The molecule has 0 aliphatic heterocycles. The molecule has 0 bridgehead atoms. The SMILES string of the molecule is CCCCCCCCCCCCCC(=O)Oc1ccc(C=Cc2cc(O)cc(OC(=O)CCCCCCCCCCCCC)c2)cc1. The van der Waals surface area contributed by atoms with Gasteiger partial charge in [0, 0.05) is 18.9 Å². The number of benzene rings is 2. The van der Waals surface area contributed by atoms with Crippen molar-refractivity contribution in [3.63, 3.8) is 0 Å². The van der Waals surface area contributed by atoms with E-state index in [1.807, 2.05) is 24.3 Å². The zero-order valence-corrected chi connectivity index (χ0v) is 29.7. The highest BCUT2D eigenvalue weighted by Crippen LogP contribution is 2.25. The van der Waals surface area contributed by atoms with E-state index >= 15 is 0 Å². The number of phenols is 1. The number of ether oxygens (including phenoxy) is 2. The van der Waals surface area contributed by atoms with Gasteiger partial charge in [-0.25, -0.2) is 0 Å². The van der Waals surface area contributed by atoms with E-state index < -0.39 is 0 Å². The molecular formula is C42H64O5. The molecular weight excluding hydrogens is 584 g/mol. The minimum absolute atomic E-state index is 0.0460. The molecule has 0 radical (unpaired) electrons. The molecule has 0 atom stereocenters. The summed E-state index contributed by atoms with van der Waals surface area (Å²) in [6.45, 7) is 4.50. The Bertz CT molecular complexity index is 1120. The highest BCUT2D eigenvalue weighted by atomic mass is 16.5. The Balaban J connectivity index is 1.62. The van der Waals surface area contributed by atoms with E-state index in [4.69, 9.17) is 9.47 Å². The lowest BCUT2D eigenvalue weighted by atomic mass is 10.1. The molecule has 0 unspecified atom stereocenters. The van der Waals surface area contributed by atoms with Crippen LogP contribution >= 0.6 is 0 Å². The first-order valence-electron chi connectivity index (χ1n) is 19.0. The van der Waals surface area contributed by atoms with Crippen LogP contribution in [0.15, 0.2) is 42.5 Å². The normalized spacial score (nSPS) is 11.3. The molecule has 2 aromatic rings. The molecule has 0 aromatic heterocycles. The van der Waals surface area contributed by atoms with E-state index in [9.17, 15) is 14.7 Å². The zero-order valence-electron chi connectivity index (χ0n) is 29.7. The molecule has 262 valence electrons. The van der Waals surface area contributed by atoms with E-state index in [0.717, 1.165) is 43.2 Å². The Hall–Kier alpha value is -3.08. The topological polar surface area (TPSA) is 72.8 Å². The van der Waals surface area contributed by atoms with Gasteiger partial charge in [-0.1, -0.05) is 167 Å². The molecule has 0 aliphatic rings. The van der Waals surface area contributed by atoms with Crippen LogP contribution in [0.2, 0.25) is 0 Å². The third-order valence-corrected chi connectivity index (χ3v) is 8.69. The predicted molar refractivity (Wildman–Crippen MR) is 197 cm³/mol. The van der Waals surface area contributed by atoms with Crippen LogP contribution < -0.4 is 9.47 Å². The van der Waals surface area contributed by atoms with E-state index in [0.29, 0.717) is 24.3 Å². The number of unbranched alkanes of at least 4 members (excludes halogenated alkanes) is 20. The van der Waals surface area contributed by atoms with Crippen molar-refractivity contribution in [3.8, 4) is 17.2 Å². The Morgan fingerprint density at radius 3 is 1.32 bits per heavy atom. The van der Waals surface area contributed by atoms with Gasteiger partial charge in [-0.05, 0) is 48.2 Å². The van der Waals surface area contributed by atoms with Crippen molar-refractivity contribution in [3.05, 3.63) is 53.6 Å². The molecule has 0 saturated carbocycles. The third kappa shape index (κ3) is 21.4. The van der Waals surface area contributed by atoms with Crippen molar-refractivity contribution in [2.45, 2.75) is 168 Å². The Kier molecular flexibility index (Phi) is 23.0. The van der Waals surface area contributed by atoms with Crippen LogP contribution in [0.25, 0.3) is 12.2 Å². The maximum Gasteiger partial charge on any atom is 0.311 e. The van der Waals surface area contributed by atoms with Gasteiger partial charge in [-0.2, -0.15) is 0 Å². The molecule has 47 heavy (non-hydrogen) atoms. The predicted octanol–water partition coefficient (Wildman–Crippen LogP) is 12.8. The number of phenolic OH excluding ortho intramolecular Hbond substituents is 1. The molecule has 0 saturated heterocycles. The van der Waals surface area contributed by atoms with Crippen molar-refractivity contribution in [1.29, 1.82) is 0 Å². The summed E-state index contributed by atoms with van der Waals surface area (Å²) in [4.78, 5) is 24.7. The van der Waals surface area contributed by atoms with Crippen LogP contribution in [0.3, 0.4) is 0 Å². The summed E-state index contributed by atoms with van der Waals surface area (Å²) in [5.41, 5.74) is 1.65. The monoisotopic (exact) mass is 648 g/mol. The first-order chi connectivity index (χ1) is 23.0. The largest absolute Gasteiger partial charge is 0.508 e. The van der Waals surface area contributed by atoms with Gasteiger partial charge in [0.25, 0.3) is 0 Å². The minimum atomic E-state index is -0.268.